The van der Waals surface area contributed by atoms with Gasteiger partial charge in [0.2, 0.25) is 0 Å². The minimum Gasteiger partial charge on any atom is -0.375 e. The first-order chi connectivity index (χ1) is 8.83. The van der Waals surface area contributed by atoms with Crippen LogP contribution < -0.4 is 5.73 Å². The van der Waals surface area contributed by atoms with Gasteiger partial charge in [0.25, 0.3) is 0 Å². The van der Waals surface area contributed by atoms with E-state index in [1.807, 2.05) is 32.2 Å². The lowest BCUT2D eigenvalue weighted by atomic mass is 9.88. The number of fused-ring (bicyclic) bond motifs is 1. The van der Waals surface area contributed by atoms with E-state index >= 15 is 0 Å². The van der Waals surface area contributed by atoms with Gasteiger partial charge in [-0.05, 0) is 31.4 Å². The van der Waals surface area contributed by atoms with Crippen LogP contribution in [0.2, 0.25) is 0 Å². The molecule has 1 aliphatic carbocycles. The first-order valence-corrected chi connectivity index (χ1v) is 7.29. The molecule has 1 aliphatic rings. The highest BCUT2D eigenvalue weighted by atomic mass is 32.1. The smallest absolute Gasteiger partial charge is 0.180 e. The normalized spacial score (nSPS) is 17.6. The molecule has 2 aromatic rings. The maximum atomic E-state index is 5.73. The lowest BCUT2D eigenvalue weighted by Gasteiger charge is -2.20. The molecule has 1 unspecified atom stereocenters. The number of nitrogens with two attached hydrogens (primary N) is 1. The van der Waals surface area contributed by atoms with Crippen LogP contribution in [-0.2, 0) is 12.8 Å². The highest BCUT2D eigenvalue weighted by Gasteiger charge is 2.23. The summed E-state index contributed by atoms with van der Waals surface area (Å²) < 4.78 is 0. The summed E-state index contributed by atoms with van der Waals surface area (Å²) in [6, 6.07) is 6.11. The molecule has 18 heavy (non-hydrogen) atoms. The van der Waals surface area contributed by atoms with E-state index in [2.05, 4.69) is 16.0 Å². The Hall–Kier alpha value is -1.42. The van der Waals surface area contributed by atoms with Crippen LogP contribution in [-0.4, -0.2) is 9.97 Å². The molecule has 3 rings (SSSR count). The average molecular weight is 261 g/mol. The number of nitrogens with zero attached hydrogens (tertiary/aromatic N) is 2. The van der Waals surface area contributed by atoms with E-state index in [0.29, 0.717) is 11.0 Å². The van der Waals surface area contributed by atoms with Crippen molar-refractivity contribution in [2.45, 2.75) is 39.0 Å². The van der Waals surface area contributed by atoms with E-state index in [4.69, 9.17) is 5.73 Å². The van der Waals surface area contributed by atoms with Crippen LogP contribution in [0.1, 0.15) is 42.5 Å². The second-order valence-corrected chi connectivity index (χ2v) is 5.23. The van der Waals surface area contributed by atoms with Gasteiger partial charge in [0.15, 0.2) is 5.13 Å². The third-order valence-corrected chi connectivity index (χ3v) is 4.05. The summed E-state index contributed by atoms with van der Waals surface area (Å²) in [4.78, 5) is 10.2. The predicted octanol–water partition coefficient (Wildman–Crippen LogP) is 3.42. The van der Waals surface area contributed by atoms with Crippen LogP contribution in [0.5, 0.6) is 0 Å². The van der Waals surface area contributed by atoms with Gasteiger partial charge in [-0.1, -0.05) is 19.9 Å². The second kappa shape index (κ2) is 5.96. The number of anilines is 1. The Morgan fingerprint density at radius 3 is 2.89 bits per heavy atom. The van der Waals surface area contributed by atoms with Crippen molar-refractivity contribution in [2.75, 3.05) is 5.73 Å². The molecule has 0 aromatic carbocycles. The molecule has 2 N–H and O–H groups in total. The minimum absolute atomic E-state index is 0.509. The first kappa shape index (κ1) is 13.0. The molecule has 1 atom stereocenters. The van der Waals surface area contributed by atoms with Crippen LogP contribution in [0, 0.1) is 0 Å². The van der Waals surface area contributed by atoms with Crippen molar-refractivity contribution >= 4 is 16.5 Å². The Kier molecular flexibility index (Phi) is 4.31. The predicted molar refractivity (Wildman–Crippen MR) is 76.9 cm³/mol. The number of hydrogen-bond acceptors (Lipinski definition) is 4. The van der Waals surface area contributed by atoms with Gasteiger partial charge in [0.05, 0.1) is 5.69 Å². The summed E-state index contributed by atoms with van der Waals surface area (Å²) in [6.07, 6.45) is 5.09. The Morgan fingerprint density at radius 1 is 1.33 bits per heavy atom. The number of rotatable bonds is 1. The van der Waals surface area contributed by atoms with Gasteiger partial charge >= 0.3 is 0 Å². The molecule has 0 aliphatic heterocycles. The van der Waals surface area contributed by atoms with Crippen molar-refractivity contribution < 1.29 is 0 Å². The van der Waals surface area contributed by atoms with Crippen LogP contribution in [0.4, 0.5) is 5.13 Å². The highest BCUT2D eigenvalue weighted by molar-refractivity contribution is 7.15. The summed E-state index contributed by atoms with van der Waals surface area (Å²) >= 11 is 1.63. The second-order valence-electron chi connectivity index (χ2n) is 4.12. The van der Waals surface area contributed by atoms with Gasteiger partial charge in [-0.25, -0.2) is 4.98 Å². The molecule has 0 amide bonds. The maximum Gasteiger partial charge on any atom is 0.180 e. The van der Waals surface area contributed by atoms with E-state index < -0.39 is 0 Å². The van der Waals surface area contributed by atoms with E-state index in [1.54, 1.807) is 11.3 Å². The first-order valence-electron chi connectivity index (χ1n) is 6.48. The van der Waals surface area contributed by atoms with E-state index in [9.17, 15) is 0 Å². The zero-order chi connectivity index (χ0) is 13.0. The Morgan fingerprint density at radius 2 is 2.17 bits per heavy atom. The number of aryl methyl sites for hydroxylation is 1. The molecule has 3 nitrogen and oxygen atoms in total. The van der Waals surface area contributed by atoms with E-state index in [-0.39, 0.29) is 0 Å². The van der Waals surface area contributed by atoms with Crippen molar-refractivity contribution in [2.24, 2.45) is 0 Å². The van der Waals surface area contributed by atoms with Crippen molar-refractivity contribution in [3.63, 3.8) is 0 Å². The van der Waals surface area contributed by atoms with Gasteiger partial charge in [-0.15, -0.1) is 11.3 Å². The third-order valence-electron chi connectivity index (χ3n) is 3.06. The molecule has 0 saturated carbocycles. The average Bonchev–Trinajstić information content (AvgIpc) is 2.81. The van der Waals surface area contributed by atoms with Crippen LogP contribution in [0.15, 0.2) is 24.4 Å². The molecule has 2 heterocycles. The number of thiazole rings is 1. The molecular formula is C14H19N3S. The molecule has 0 spiro atoms. The summed E-state index contributed by atoms with van der Waals surface area (Å²) in [5.41, 5.74) is 8.10. The number of hydrogen-bond donors (Lipinski definition) is 1. The number of aromatic nitrogens is 2. The van der Waals surface area contributed by atoms with Crippen LogP contribution >= 0.6 is 11.3 Å². The molecule has 2 aromatic heterocycles. The summed E-state index contributed by atoms with van der Waals surface area (Å²) in [5, 5.41) is 0.701. The zero-order valence-corrected chi connectivity index (χ0v) is 11.7. The van der Waals surface area contributed by atoms with Crippen LogP contribution in [0.3, 0.4) is 0 Å². The van der Waals surface area contributed by atoms with Gasteiger partial charge in [-0.3, -0.25) is 4.98 Å². The summed E-state index contributed by atoms with van der Waals surface area (Å²) in [5.74, 6) is 0.509. The van der Waals surface area contributed by atoms with E-state index in [0.717, 1.165) is 19.3 Å². The van der Waals surface area contributed by atoms with E-state index in [1.165, 1.54) is 16.3 Å². The summed E-state index contributed by atoms with van der Waals surface area (Å²) in [6.45, 7) is 4.00. The lowest BCUT2D eigenvalue weighted by Crippen LogP contribution is -2.12. The van der Waals surface area contributed by atoms with Gasteiger partial charge < -0.3 is 5.73 Å². The summed E-state index contributed by atoms with van der Waals surface area (Å²) in [7, 11) is 0. The quantitative estimate of drug-likeness (QED) is 0.855. The van der Waals surface area contributed by atoms with Gasteiger partial charge in [-0.2, -0.15) is 0 Å². The monoisotopic (exact) mass is 261 g/mol. The zero-order valence-electron chi connectivity index (χ0n) is 10.9. The van der Waals surface area contributed by atoms with Crippen molar-refractivity contribution in [1.29, 1.82) is 0 Å². The largest absolute Gasteiger partial charge is 0.375 e. The number of nitrogen functional groups attached to an aromatic ring is 1. The molecule has 0 bridgehead atoms. The van der Waals surface area contributed by atoms with Crippen molar-refractivity contribution in [3.8, 4) is 0 Å². The molecule has 0 fully saturated rings. The van der Waals surface area contributed by atoms with Gasteiger partial charge in [0.1, 0.15) is 0 Å². The van der Waals surface area contributed by atoms with Crippen LogP contribution in [0.25, 0.3) is 0 Å². The van der Waals surface area contributed by atoms with Crippen molar-refractivity contribution in [3.05, 3.63) is 40.7 Å². The molecule has 4 heteroatoms. The Balaban J connectivity index is 0.000000574. The number of pyridine rings is 1. The maximum absolute atomic E-state index is 5.73. The fourth-order valence-electron chi connectivity index (χ4n) is 2.27. The fourth-order valence-corrected chi connectivity index (χ4v) is 3.14. The fraction of sp³-hybridized carbons (Fsp3) is 0.429. The molecular weight excluding hydrogens is 242 g/mol. The SMILES string of the molecule is CC.Nc1nc2c(s1)CCC(c1ccccn1)C2. The standard InChI is InChI=1S/C12H13N3S.C2H6/c13-12-15-10-7-8(4-5-11(10)16-12)9-3-1-2-6-14-9;1-2/h1-3,6,8H,4-5,7H2,(H2,13,15);1-2H3. The highest BCUT2D eigenvalue weighted by Crippen LogP contribution is 2.34. The Labute approximate surface area is 112 Å². The lowest BCUT2D eigenvalue weighted by molar-refractivity contribution is 0.569. The molecule has 96 valence electrons. The third kappa shape index (κ3) is 2.70. The minimum atomic E-state index is 0.509. The topological polar surface area (TPSA) is 51.8 Å². The Bertz CT molecular complexity index is 493. The molecule has 0 saturated heterocycles. The van der Waals surface area contributed by atoms with Crippen molar-refractivity contribution in [1.82, 2.24) is 9.97 Å². The molecule has 0 radical (unpaired) electrons. The van der Waals surface area contributed by atoms with Gasteiger partial charge in [0, 0.05) is 22.7 Å².